The number of carboxylic acid groups (broad SMARTS) is 1. The molecule has 1 amide bonds. The van der Waals surface area contributed by atoms with Crippen molar-refractivity contribution in [1.82, 2.24) is 9.99 Å². The van der Waals surface area contributed by atoms with Crippen molar-refractivity contribution in [3.63, 3.8) is 0 Å². The number of nitro groups is 1. The summed E-state index contributed by atoms with van der Waals surface area (Å²) in [7, 11) is 0. The van der Waals surface area contributed by atoms with Crippen molar-refractivity contribution in [3.05, 3.63) is 104 Å². The molecule has 0 saturated heterocycles. The first-order valence-electron chi connectivity index (χ1n) is 12.2. The smallest absolute Gasteiger partial charge is 0.344 e. The second-order valence-electron chi connectivity index (χ2n) is 8.90. The summed E-state index contributed by atoms with van der Waals surface area (Å²) in [5, 5.41) is 24.5. The number of amides is 1. The lowest BCUT2D eigenvalue weighted by atomic mass is 10.2. The number of rotatable bonds is 11. The highest BCUT2D eigenvalue weighted by molar-refractivity contribution is 9.10. The van der Waals surface area contributed by atoms with Gasteiger partial charge in [-0.1, -0.05) is 15.9 Å². The molecule has 2 heterocycles. The van der Waals surface area contributed by atoms with Crippen LogP contribution in [0.3, 0.4) is 0 Å². The highest BCUT2D eigenvalue weighted by atomic mass is 79.9. The zero-order chi connectivity index (χ0) is 29.7. The Balaban J connectivity index is 1.39. The minimum absolute atomic E-state index is 0.0362. The Morgan fingerprint density at radius 1 is 1.15 bits per heavy atom. The summed E-state index contributed by atoms with van der Waals surface area (Å²) in [5.74, 6) is -1.31. The number of furan rings is 1. The Kier molecular flexibility index (Phi) is 8.87. The number of halogens is 1. The summed E-state index contributed by atoms with van der Waals surface area (Å²) in [4.78, 5) is 34.5. The van der Waals surface area contributed by atoms with Crippen LogP contribution in [0.25, 0.3) is 5.69 Å². The van der Waals surface area contributed by atoms with Crippen molar-refractivity contribution in [2.24, 2.45) is 5.10 Å². The van der Waals surface area contributed by atoms with Crippen molar-refractivity contribution in [2.75, 3.05) is 0 Å². The van der Waals surface area contributed by atoms with Gasteiger partial charge in [-0.3, -0.25) is 14.9 Å². The third kappa shape index (κ3) is 7.00. The number of benzene rings is 2. The van der Waals surface area contributed by atoms with Gasteiger partial charge < -0.3 is 23.6 Å². The molecule has 2 aromatic heterocycles. The summed E-state index contributed by atoms with van der Waals surface area (Å²) < 4.78 is 19.1. The van der Waals surface area contributed by atoms with Crippen LogP contribution in [0, 0.1) is 24.0 Å². The first-order valence-corrected chi connectivity index (χ1v) is 13.0. The van der Waals surface area contributed by atoms with E-state index in [-0.39, 0.29) is 23.7 Å². The molecule has 41 heavy (non-hydrogen) atoms. The minimum Gasteiger partial charge on any atom is -0.486 e. The van der Waals surface area contributed by atoms with Gasteiger partial charge >= 0.3 is 17.6 Å². The minimum atomic E-state index is -1.37. The molecule has 2 aromatic carbocycles. The number of hydrogen-bond donors (Lipinski definition) is 2. The Bertz CT molecular complexity index is 1600. The number of carboxylic acids is 1. The summed E-state index contributed by atoms with van der Waals surface area (Å²) in [6.45, 7) is 5.39. The molecule has 0 saturated carbocycles. The van der Waals surface area contributed by atoms with Gasteiger partial charge in [0.15, 0.2) is 11.9 Å². The van der Waals surface area contributed by atoms with E-state index >= 15 is 0 Å². The lowest BCUT2D eigenvalue weighted by molar-refractivity contribution is -0.386. The highest BCUT2D eigenvalue weighted by Gasteiger charge is 2.24. The van der Waals surface area contributed by atoms with E-state index < -0.39 is 28.6 Å². The van der Waals surface area contributed by atoms with Crippen LogP contribution in [-0.2, 0) is 11.4 Å². The molecule has 0 bridgehead atoms. The number of nitrogens with zero attached hydrogens (tertiary/aromatic N) is 3. The number of aromatic nitrogens is 1. The second kappa shape index (κ2) is 12.5. The molecule has 0 fully saturated rings. The van der Waals surface area contributed by atoms with E-state index in [1.54, 1.807) is 6.07 Å². The first-order chi connectivity index (χ1) is 19.5. The lowest BCUT2D eigenvalue weighted by Gasteiger charge is -2.13. The van der Waals surface area contributed by atoms with Gasteiger partial charge in [0.1, 0.15) is 18.1 Å². The molecule has 4 rings (SSSR count). The molecular weight excluding hydrogens is 600 g/mol. The molecule has 12 nitrogen and oxygen atoms in total. The Morgan fingerprint density at radius 3 is 2.46 bits per heavy atom. The van der Waals surface area contributed by atoms with Crippen molar-refractivity contribution in [3.8, 4) is 17.2 Å². The van der Waals surface area contributed by atoms with E-state index in [9.17, 15) is 19.7 Å². The number of nitro benzene ring substituents is 1. The summed E-state index contributed by atoms with van der Waals surface area (Å²) >= 11 is 3.17. The van der Waals surface area contributed by atoms with Crippen LogP contribution in [0.4, 0.5) is 5.69 Å². The number of nitrogens with one attached hydrogen (secondary N) is 1. The Morgan fingerprint density at radius 2 is 1.83 bits per heavy atom. The molecule has 0 aliphatic carbocycles. The molecule has 0 aliphatic heterocycles. The predicted octanol–water partition coefficient (Wildman–Crippen LogP) is 5.55. The summed E-state index contributed by atoms with van der Waals surface area (Å²) in [5.41, 5.74) is 5.14. The third-order valence-corrected chi connectivity index (χ3v) is 6.36. The van der Waals surface area contributed by atoms with Crippen LogP contribution < -0.4 is 14.9 Å². The van der Waals surface area contributed by atoms with Gasteiger partial charge in [0, 0.05) is 33.2 Å². The van der Waals surface area contributed by atoms with E-state index in [0.29, 0.717) is 16.0 Å². The van der Waals surface area contributed by atoms with Gasteiger partial charge in [-0.2, -0.15) is 5.10 Å². The monoisotopic (exact) mass is 624 g/mol. The van der Waals surface area contributed by atoms with E-state index in [4.69, 9.17) is 19.0 Å². The van der Waals surface area contributed by atoms with Crippen LogP contribution in [0.2, 0.25) is 0 Å². The van der Waals surface area contributed by atoms with Crippen LogP contribution in [0.15, 0.2) is 74.7 Å². The molecule has 1 atom stereocenters. The van der Waals surface area contributed by atoms with Gasteiger partial charge in [0.05, 0.1) is 11.1 Å². The maximum atomic E-state index is 12.5. The highest BCUT2D eigenvalue weighted by Crippen LogP contribution is 2.34. The zero-order valence-corrected chi connectivity index (χ0v) is 23.7. The molecule has 0 aliphatic rings. The molecule has 2 N–H and O–H groups in total. The maximum absolute atomic E-state index is 12.5. The molecule has 0 unspecified atom stereocenters. The Labute approximate surface area is 242 Å². The van der Waals surface area contributed by atoms with Crippen molar-refractivity contribution in [2.45, 2.75) is 33.5 Å². The fourth-order valence-electron chi connectivity index (χ4n) is 3.90. The van der Waals surface area contributed by atoms with E-state index in [2.05, 4.69) is 43.2 Å². The molecule has 0 spiro atoms. The average Bonchev–Trinajstić information content (AvgIpc) is 3.54. The third-order valence-electron chi connectivity index (χ3n) is 5.90. The summed E-state index contributed by atoms with van der Waals surface area (Å²) in [6.07, 6.45) is -0.265. The number of carbonyl (C=O) groups excluding carboxylic acids is 1. The number of aryl methyl sites for hydroxylation is 2. The van der Waals surface area contributed by atoms with E-state index in [0.717, 1.165) is 23.3 Å². The fraction of sp³-hybridized carbons (Fsp3) is 0.179. The van der Waals surface area contributed by atoms with Crippen molar-refractivity contribution in [1.29, 1.82) is 0 Å². The van der Waals surface area contributed by atoms with E-state index in [1.807, 2.05) is 38.1 Å². The summed E-state index contributed by atoms with van der Waals surface area (Å²) in [6, 6.07) is 17.4. The standard InChI is InChI=1S/C28H25BrN4O8/c1-16-4-5-17(2)32(16)21-6-8-22(9-7-21)39-15-23-10-11-25(41-23)27(34)31-30-14-19-12-20(29)13-24(33(37)38)26(19)40-18(3)28(35)36/h4-14,18H,15H2,1-3H3,(H,31,34)(H,35,36)/b30-14+/t18-/m0/s1. The van der Waals surface area contributed by atoms with Crippen LogP contribution in [0.1, 0.15) is 40.2 Å². The molecule has 13 heteroatoms. The molecule has 0 radical (unpaired) electrons. The number of aliphatic carboxylic acids is 1. The fourth-order valence-corrected chi connectivity index (χ4v) is 4.37. The van der Waals surface area contributed by atoms with Crippen LogP contribution >= 0.6 is 15.9 Å². The Hall–Kier alpha value is -4.91. The largest absolute Gasteiger partial charge is 0.486 e. The van der Waals surface area contributed by atoms with Gasteiger partial charge in [-0.05, 0) is 75.4 Å². The second-order valence-corrected chi connectivity index (χ2v) is 9.81. The van der Waals surface area contributed by atoms with Crippen LogP contribution in [0.5, 0.6) is 11.5 Å². The van der Waals surface area contributed by atoms with E-state index in [1.165, 1.54) is 25.1 Å². The van der Waals surface area contributed by atoms with Gasteiger partial charge in [0.2, 0.25) is 5.75 Å². The zero-order valence-electron chi connectivity index (χ0n) is 22.2. The number of carbonyl (C=O) groups is 2. The molecule has 4 aromatic rings. The van der Waals surface area contributed by atoms with Gasteiger partial charge in [-0.25, -0.2) is 10.2 Å². The average molecular weight is 625 g/mol. The number of hydrazone groups is 1. The van der Waals surface area contributed by atoms with Gasteiger partial charge in [0.25, 0.3) is 0 Å². The number of ether oxygens (including phenoxy) is 2. The first kappa shape index (κ1) is 29.1. The lowest BCUT2D eigenvalue weighted by Crippen LogP contribution is -2.24. The van der Waals surface area contributed by atoms with Gasteiger partial charge in [-0.15, -0.1) is 0 Å². The number of hydrogen-bond acceptors (Lipinski definition) is 8. The topological polar surface area (TPSA) is 158 Å². The van der Waals surface area contributed by atoms with Crippen molar-refractivity contribution < 1.29 is 33.5 Å². The predicted molar refractivity (Wildman–Crippen MR) is 152 cm³/mol. The van der Waals surface area contributed by atoms with Crippen molar-refractivity contribution >= 4 is 39.7 Å². The van der Waals surface area contributed by atoms with Crippen LogP contribution in [-0.4, -0.2) is 38.8 Å². The molecular formula is C28H25BrN4O8. The SMILES string of the molecule is Cc1ccc(C)n1-c1ccc(OCc2ccc(C(=O)N/N=C/c3cc(Br)cc([N+](=O)[O-])c3O[C@@H](C)C(=O)O)o2)cc1. The normalized spacial score (nSPS) is 11.8. The maximum Gasteiger partial charge on any atom is 0.344 e. The molecule has 212 valence electrons. The quantitative estimate of drug-likeness (QED) is 0.125.